The summed E-state index contributed by atoms with van der Waals surface area (Å²) >= 11 is 25.5. The average molecular weight is 944 g/mol. The molecule has 0 unspecified atom stereocenters. The van der Waals surface area contributed by atoms with E-state index in [-0.39, 0.29) is 34.8 Å². The van der Waals surface area contributed by atoms with Crippen molar-refractivity contribution in [1.82, 2.24) is 9.29 Å². The number of sulfonamides is 1. The number of aliphatic carboxylic acids is 2. The maximum Gasteiger partial charge on any atom is 0.307 e. The number of anilines is 5. The molecule has 13 nitrogen and oxygen atoms in total. The number of amides is 1. The Bertz CT molecular complexity index is 2600. The number of thiazole rings is 1. The highest BCUT2D eigenvalue weighted by Crippen LogP contribution is 2.37. The highest BCUT2D eigenvalue weighted by Gasteiger charge is 2.38. The molecule has 0 radical (unpaired) electrons. The van der Waals surface area contributed by atoms with E-state index in [9.17, 15) is 27.9 Å². The predicted molar refractivity (Wildman–Crippen MR) is 241 cm³/mol. The third kappa shape index (κ3) is 11.7. The number of carboxylic acids is 2. The molecular weight excluding hydrogens is 908 g/mol. The van der Waals surface area contributed by atoms with Crippen LogP contribution in [0.2, 0.25) is 20.1 Å². The second kappa shape index (κ2) is 20.6. The van der Waals surface area contributed by atoms with E-state index in [1.807, 2.05) is 19.1 Å². The summed E-state index contributed by atoms with van der Waals surface area (Å²) in [6, 6.07) is 30.7. The molecule has 5 aromatic carbocycles. The summed E-state index contributed by atoms with van der Waals surface area (Å²) in [5.74, 6) is -2.90. The maximum absolute atomic E-state index is 12.5. The van der Waals surface area contributed by atoms with E-state index in [1.165, 1.54) is 30.5 Å². The summed E-state index contributed by atoms with van der Waals surface area (Å²) in [5.41, 5.74) is 3.62. The second-order valence-electron chi connectivity index (χ2n) is 12.8. The lowest BCUT2D eigenvalue weighted by Gasteiger charge is -2.28. The van der Waals surface area contributed by atoms with Gasteiger partial charge in [0.15, 0.2) is 16.6 Å². The Morgan fingerprint density at radius 2 is 1.13 bits per heavy atom. The normalized spacial score (nSPS) is 12.5. The highest BCUT2D eigenvalue weighted by atomic mass is 35.5. The number of para-hydroxylation sites is 4. The first-order valence-electron chi connectivity index (χ1n) is 17.7. The molecule has 19 heteroatoms. The monoisotopic (exact) mass is 941 g/mol. The van der Waals surface area contributed by atoms with Gasteiger partial charge in [0, 0.05) is 35.1 Å². The molecule has 0 saturated heterocycles. The van der Waals surface area contributed by atoms with Crippen molar-refractivity contribution in [3.05, 3.63) is 163 Å². The van der Waals surface area contributed by atoms with Crippen LogP contribution in [0.3, 0.4) is 0 Å². The number of aromatic nitrogens is 1. The van der Waals surface area contributed by atoms with Crippen LogP contribution in [-0.4, -0.2) is 57.9 Å². The van der Waals surface area contributed by atoms with Gasteiger partial charge in [0.05, 0.1) is 49.2 Å². The van der Waals surface area contributed by atoms with Gasteiger partial charge in [0.1, 0.15) is 0 Å². The molecule has 1 aromatic heterocycles. The zero-order valence-corrected chi connectivity index (χ0v) is 36.6. The van der Waals surface area contributed by atoms with Gasteiger partial charge in [-0.15, -0.1) is 11.3 Å². The van der Waals surface area contributed by atoms with Crippen LogP contribution in [0.15, 0.2) is 126 Å². The molecule has 0 saturated carbocycles. The van der Waals surface area contributed by atoms with Crippen molar-refractivity contribution in [3.8, 4) is 0 Å². The third-order valence-electron chi connectivity index (χ3n) is 8.54. The number of likely N-dealkylation sites (N-methyl/N-ethyl adjacent to an activating group) is 1. The van der Waals surface area contributed by atoms with Gasteiger partial charge in [-0.25, -0.2) is 13.4 Å². The first-order valence-corrected chi connectivity index (χ1v) is 21.5. The molecule has 0 fully saturated rings. The Kier molecular flexibility index (Phi) is 15.7. The number of aliphatic hydroxyl groups is 1. The van der Waals surface area contributed by atoms with E-state index in [0.717, 1.165) is 9.18 Å². The minimum absolute atomic E-state index is 0.0401. The number of carbonyl (C=O) groups excluding carboxylic acids is 1. The Morgan fingerprint density at radius 3 is 1.57 bits per heavy atom. The van der Waals surface area contributed by atoms with Crippen LogP contribution in [0.1, 0.15) is 21.6 Å². The number of carbonyl (C=O) groups is 3. The summed E-state index contributed by atoms with van der Waals surface area (Å²) in [7, 11) is -2.67. The van der Waals surface area contributed by atoms with Gasteiger partial charge in [-0.2, -0.15) is 0 Å². The fourth-order valence-corrected chi connectivity index (χ4v) is 8.71. The zero-order chi connectivity index (χ0) is 44.4. The molecule has 0 atom stereocenters. The van der Waals surface area contributed by atoms with E-state index in [0.29, 0.717) is 59.1 Å². The first kappa shape index (κ1) is 46.3. The van der Waals surface area contributed by atoms with Crippen molar-refractivity contribution in [1.29, 1.82) is 0 Å². The second-order valence-corrected chi connectivity index (χ2v) is 17.6. The summed E-state index contributed by atoms with van der Waals surface area (Å²) in [5, 5.41) is 39.1. The maximum atomic E-state index is 12.5. The molecule has 1 aliphatic rings. The number of hydrogen-bond donors (Lipinski definition) is 6. The Balaban J connectivity index is 0.000000174. The Hall–Kier alpha value is -5.81. The number of fused-ring (bicyclic) bond motifs is 1. The van der Waals surface area contributed by atoms with E-state index in [1.54, 1.807) is 91.1 Å². The predicted octanol–water partition coefficient (Wildman–Crippen LogP) is 10.7. The van der Waals surface area contributed by atoms with Crippen molar-refractivity contribution in [2.45, 2.75) is 24.7 Å². The number of nitrogens with one attached hydrogen (secondary N) is 3. The molecular formula is C42H35Cl4N5O8S2. The van der Waals surface area contributed by atoms with Gasteiger partial charge in [-0.05, 0) is 66.6 Å². The number of hydrogen-bond acceptors (Lipinski definition) is 10. The number of aryl methyl sites for hydroxylation is 1. The van der Waals surface area contributed by atoms with Crippen molar-refractivity contribution >= 4 is 119 Å². The van der Waals surface area contributed by atoms with Crippen molar-refractivity contribution in [2.24, 2.45) is 0 Å². The molecule has 7 rings (SSSR count). The topological polar surface area (TPSA) is 198 Å². The van der Waals surface area contributed by atoms with E-state index < -0.39 is 27.9 Å². The lowest BCUT2D eigenvalue weighted by molar-refractivity contribution is -0.137. The number of halogens is 4. The van der Waals surface area contributed by atoms with E-state index in [4.69, 9.17) is 56.6 Å². The quantitative estimate of drug-likeness (QED) is 0.0764. The van der Waals surface area contributed by atoms with E-state index >= 15 is 0 Å². The minimum Gasteiger partial charge on any atom is -0.505 e. The number of aliphatic hydroxyl groups excluding tert-OH is 1. The first-order chi connectivity index (χ1) is 29.0. The van der Waals surface area contributed by atoms with Crippen LogP contribution >= 0.6 is 57.7 Å². The van der Waals surface area contributed by atoms with Gasteiger partial charge in [-0.1, -0.05) is 107 Å². The van der Waals surface area contributed by atoms with E-state index in [2.05, 4.69) is 20.9 Å². The number of carboxylic acid groups (broad SMARTS) is 2. The van der Waals surface area contributed by atoms with Gasteiger partial charge in [0.2, 0.25) is 0 Å². The van der Waals surface area contributed by atoms with Crippen LogP contribution in [0.25, 0.3) is 5.76 Å². The van der Waals surface area contributed by atoms with Crippen molar-refractivity contribution in [2.75, 3.05) is 23.0 Å². The number of nitrogens with zero attached hydrogens (tertiary/aromatic N) is 2. The SMILES string of the molecule is Cc1cnc(NC(=O)C2=C(O)c3ccccc3S(=O)(=O)N2C)s1.O=C(O)Cc1ccccc1Nc1c(Cl)cccc1Cl.O=C(O)Cc1ccccc1Nc1c(Cl)cccc1Cl. The molecule has 6 aromatic rings. The van der Waals surface area contributed by atoms with Gasteiger partial charge >= 0.3 is 11.9 Å². The summed E-state index contributed by atoms with van der Waals surface area (Å²) in [6.07, 6.45) is 1.46. The Labute approximate surface area is 374 Å². The standard InChI is InChI=1S/2C14H11Cl2NO2.C14H13N3O4S2/c2*15-10-5-3-6-11(16)14(10)17-12-7-2-1-4-9(12)8-13(18)19;1-8-7-15-14(22-8)16-13(19)11-12(18)9-5-3-4-6-10(9)23(20,21)17(11)2/h2*1-7,17H,8H2,(H,18,19);3-7,18H,1-2H3,(H,15,16,19). The molecule has 61 heavy (non-hydrogen) atoms. The largest absolute Gasteiger partial charge is 0.505 e. The van der Waals surface area contributed by atoms with Crippen molar-refractivity contribution < 1.29 is 38.1 Å². The fourth-order valence-electron chi connectivity index (χ4n) is 5.67. The van der Waals surface area contributed by atoms with Gasteiger partial charge in [-0.3, -0.25) is 24.0 Å². The zero-order valence-electron chi connectivity index (χ0n) is 32.0. The number of benzene rings is 5. The van der Waals surface area contributed by atoms with Gasteiger partial charge < -0.3 is 26.0 Å². The molecule has 316 valence electrons. The van der Waals surface area contributed by atoms with Crippen LogP contribution in [0.4, 0.5) is 27.9 Å². The van der Waals surface area contributed by atoms with Crippen LogP contribution in [0.5, 0.6) is 0 Å². The molecule has 2 heterocycles. The summed E-state index contributed by atoms with van der Waals surface area (Å²) in [4.78, 5) is 38.9. The van der Waals surface area contributed by atoms with Crippen LogP contribution < -0.4 is 16.0 Å². The smallest absolute Gasteiger partial charge is 0.307 e. The Morgan fingerprint density at radius 1 is 0.689 bits per heavy atom. The lowest BCUT2D eigenvalue weighted by Crippen LogP contribution is -2.37. The van der Waals surface area contributed by atoms with Crippen molar-refractivity contribution in [3.63, 3.8) is 0 Å². The minimum atomic E-state index is -3.90. The third-order valence-corrected chi connectivity index (χ3v) is 12.4. The molecule has 1 aliphatic heterocycles. The molecule has 0 aliphatic carbocycles. The molecule has 0 spiro atoms. The van der Waals surface area contributed by atoms with Gasteiger partial charge in [0.25, 0.3) is 15.9 Å². The van der Waals surface area contributed by atoms with Crippen LogP contribution in [0, 0.1) is 6.92 Å². The number of rotatable bonds is 10. The molecule has 6 N–H and O–H groups in total. The average Bonchev–Trinajstić information content (AvgIpc) is 3.62. The van der Waals surface area contributed by atoms with Crippen LogP contribution in [-0.2, 0) is 37.2 Å². The summed E-state index contributed by atoms with van der Waals surface area (Å²) < 4.78 is 25.8. The fraction of sp³-hybridized carbons (Fsp3) is 0.0952. The molecule has 1 amide bonds. The lowest BCUT2D eigenvalue weighted by atomic mass is 10.1. The summed E-state index contributed by atoms with van der Waals surface area (Å²) in [6.45, 7) is 1.83. The highest BCUT2D eigenvalue weighted by molar-refractivity contribution is 7.89. The molecule has 0 bridgehead atoms.